The topological polar surface area (TPSA) is 51.2 Å². The van der Waals surface area contributed by atoms with Gasteiger partial charge >= 0.3 is 0 Å². The molecular formula is C15H26O3. The van der Waals surface area contributed by atoms with Gasteiger partial charge < -0.3 is 0 Å². The van der Waals surface area contributed by atoms with E-state index in [-0.39, 0.29) is 29.2 Å². The molecule has 3 nitrogen and oxygen atoms in total. The lowest BCUT2D eigenvalue weighted by atomic mass is 9.87. The van der Waals surface area contributed by atoms with Crippen LogP contribution in [0, 0.1) is 11.8 Å². The molecule has 0 saturated carbocycles. The zero-order valence-corrected chi connectivity index (χ0v) is 12.1. The number of carbonyl (C=O) groups is 3. The van der Waals surface area contributed by atoms with Gasteiger partial charge in [-0.1, -0.05) is 27.7 Å². The molecule has 3 heteroatoms. The minimum atomic E-state index is -0.256. The summed E-state index contributed by atoms with van der Waals surface area (Å²) in [5.74, 6) is -0.179. The molecule has 0 rings (SSSR count). The van der Waals surface area contributed by atoms with Crippen molar-refractivity contribution < 1.29 is 14.4 Å². The van der Waals surface area contributed by atoms with Gasteiger partial charge in [0.1, 0.15) is 17.3 Å². The van der Waals surface area contributed by atoms with Gasteiger partial charge in [0.2, 0.25) is 0 Å². The van der Waals surface area contributed by atoms with Gasteiger partial charge in [-0.25, -0.2) is 0 Å². The summed E-state index contributed by atoms with van der Waals surface area (Å²) in [7, 11) is 0. The van der Waals surface area contributed by atoms with Gasteiger partial charge in [-0.15, -0.1) is 0 Å². The maximum atomic E-state index is 12.0. The summed E-state index contributed by atoms with van der Waals surface area (Å²) >= 11 is 0. The predicted molar refractivity (Wildman–Crippen MR) is 72.4 cm³/mol. The van der Waals surface area contributed by atoms with Crippen LogP contribution in [0.5, 0.6) is 0 Å². The number of rotatable bonds is 10. The first-order chi connectivity index (χ1) is 8.42. The number of hydrogen-bond donors (Lipinski definition) is 0. The summed E-state index contributed by atoms with van der Waals surface area (Å²) in [6.45, 7) is 7.49. The SMILES string of the molecule is CCCC(=O)CC(C)C(=O)C(C)CC(=O)CCC. The van der Waals surface area contributed by atoms with E-state index >= 15 is 0 Å². The van der Waals surface area contributed by atoms with Crippen LogP contribution >= 0.6 is 0 Å². The van der Waals surface area contributed by atoms with Gasteiger partial charge in [-0.3, -0.25) is 14.4 Å². The molecular weight excluding hydrogens is 228 g/mol. The maximum Gasteiger partial charge on any atom is 0.139 e. The van der Waals surface area contributed by atoms with Gasteiger partial charge in [0.15, 0.2) is 0 Å². The molecule has 18 heavy (non-hydrogen) atoms. The number of carbonyl (C=O) groups excluding carboxylic acids is 3. The van der Waals surface area contributed by atoms with Gasteiger partial charge in [-0.05, 0) is 12.8 Å². The molecule has 0 amide bonds. The van der Waals surface area contributed by atoms with E-state index in [0.29, 0.717) is 25.7 Å². The third-order valence-electron chi connectivity index (χ3n) is 3.10. The Balaban J connectivity index is 4.19. The van der Waals surface area contributed by atoms with Gasteiger partial charge in [0, 0.05) is 37.5 Å². The molecule has 0 aromatic heterocycles. The largest absolute Gasteiger partial charge is 0.300 e. The molecule has 0 aromatic carbocycles. The highest BCUT2D eigenvalue weighted by Crippen LogP contribution is 2.16. The predicted octanol–water partition coefficient (Wildman–Crippen LogP) is 3.35. The average molecular weight is 254 g/mol. The Morgan fingerprint density at radius 3 is 1.39 bits per heavy atom. The lowest BCUT2D eigenvalue weighted by Gasteiger charge is -2.15. The first kappa shape index (κ1) is 17.0. The van der Waals surface area contributed by atoms with Crippen LogP contribution in [0.3, 0.4) is 0 Å². The van der Waals surface area contributed by atoms with Crippen molar-refractivity contribution in [2.45, 2.75) is 66.2 Å². The molecule has 0 aliphatic rings. The summed E-state index contributed by atoms with van der Waals surface area (Å²) in [5.41, 5.74) is 0. The Bertz CT molecular complexity index is 266. The number of ketones is 3. The molecule has 0 aliphatic heterocycles. The second-order valence-electron chi connectivity index (χ2n) is 5.19. The second-order valence-corrected chi connectivity index (χ2v) is 5.19. The molecule has 0 radical (unpaired) electrons. The fourth-order valence-corrected chi connectivity index (χ4v) is 2.13. The van der Waals surface area contributed by atoms with E-state index in [9.17, 15) is 14.4 Å². The summed E-state index contributed by atoms with van der Waals surface area (Å²) in [6.07, 6.45) is 3.37. The van der Waals surface area contributed by atoms with Crippen molar-refractivity contribution in [2.75, 3.05) is 0 Å². The van der Waals surface area contributed by atoms with Crippen LogP contribution in [0.2, 0.25) is 0 Å². The van der Waals surface area contributed by atoms with Crippen LogP contribution in [-0.2, 0) is 14.4 Å². The van der Waals surface area contributed by atoms with Crippen LogP contribution in [-0.4, -0.2) is 17.3 Å². The second kappa shape index (κ2) is 9.01. The Hall–Kier alpha value is -0.990. The molecule has 0 fully saturated rings. The van der Waals surface area contributed by atoms with Crippen LogP contribution in [0.4, 0.5) is 0 Å². The van der Waals surface area contributed by atoms with E-state index < -0.39 is 0 Å². The van der Waals surface area contributed by atoms with Crippen LogP contribution in [0.1, 0.15) is 66.2 Å². The molecule has 0 N–H and O–H groups in total. The zero-order valence-electron chi connectivity index (χ0n) is 12.1. The van der Waals surface area contributed by atoms with Gasteiger partial charge in [0.25, 0.3) is 0 Å². The van der Waals surface area contributed by atoms with E-state index in [4.69, 9.17) is 0 Å². The maximum absolute atomic E-state index is 12.0. The Kier molecular flexibility index (Phi) is 8.51. The molecule has 0 saturated heterocycles. The minimum Gasteiger partial charge on any atom is -0.300 e. The van der Waals surface area contributed by atoms with Gasteiger partial charge in [-0.2, -0.15) is 0 Å². The van der Waals surface area contributed by atoms with E-state index in [2.05, 4.69) is 0 Å². The molecule has 0 aromatic rings. The van der Waals surface area contributed by atoms with Crippen molar-refractivity contribution in [3.8, 4) is 0 Å². The third kappa shape index (κ3) is 6.67. The Labute approximate surface area is 110 Å². The average Bonchev–Trinajstić information content (AvgIpc) is 2.28. The zero-order chi connectivity index (χ0) is 14.1. The molecule has 104 valence electrons. The standard InChI is InChI=1S/C15H26O3/c1-5-7-13(16)9-11(3)15(18)12(4)10-14(17)8-6-2/h11-12H,5-10H2,1-4H3. The summed E-state index contributed by atoms with van der Waals surface area (Å²) in [6, 6.07) is 0. The number of hydrogen-bond acceptors (Lipinski definition) is 3. The highest BCUT2D eigenvalue weighted by Gasteiger charge is 2.23. The summed E-state index contributed by atoms with van der Waals surface area (Å²) in [4.78, 5) is 35.0. The molecule has 0 heterocycles. The van der Waals surface area contributed by atoms with Crippen molar-refractivity contribution in [1.82, 2.24) is 0 Å². The smallest absolute Gasteiger partial charge is 0.139 e. The first-order valence-electron chi connectivity index (χ1n) is 6.99. The number of Topliss-reactive ketones (excluding diaryl/α,β-unsaturated/α-hetero) is 3. The van der Waals surface area contributed by atoms with Crippen molar-refractivity contribution >= 4 is 17.3 Å². The van der Waals surface area contributed by atoms with Crippen LogP contribution in [0.25, 0.3) is 0 Å². The van der Waals surface area contributed by atoms with Crippen molar-refractivity contribution in [3.05, 3.63) is 0 Å². The van der Waals surface area contributed by atoms with Gasteiger partial charge in [0.05, 0.1) is 0 Å². The highest BCUT2D eigenvalue weighted by atomic mass is 16.1. The lowest BCUT2D eigenvalue weighted by Crippen LogP contribution is -2.23. The van der Waals surface area contributed by atoms with Crippen molar-refractivity contribution in [1.29, 1.82) is 0 Å². The highest BCUT2D eigenvalue weighted by molar-refractivity contribution is 5.91. The van der Waals surface area contributed by atoms with E-state index in [1.807, 2.05) is 13.8 Å². The van der Waals surface area contributed by atoms with E-state index in [1.165, 1.54) is 0 Å². The normalized spacial score (nSPS) is 14.0. The molecule has 2 unspecified atom stereocenters. The van der Waals surface area contributed by atoms with Crippen molar-refractivity contribution in [2.24, 2.45) is 11.8 Å². The lowest BCUT2D eigenvalue weighted by molar-refractivity contribution is -0.132. The molecule has 2 atom stereocenters. The first-order valence-corrected chi connectivity index (χ1v) is 6.99. The van der Waals surface area contributed by atoms with E-state index in [1.54, 1.807) is 13.8 Å². The molecule has 0 bridgehead atoms. The monoisotopic (exact) mass is 254 g/mol. The Morgan fingerprint density at radius 2 is 1.11 bits per heavy atom. The van der Waals surface area contributed by atoms with Crippen LogP contribution in [0.15, 0.2) is 0 Å². The minimum absolute atomic E-state index is 0.0453. The molecule has 0 spiro atoms. The summed E-state index contributed by atoms with van der Waals surface area (Å²) < 4.78 is 0. The quantitative estimate of drug-likeness (QED) is 0.600. The fraction of sp³-hybridized carbons (Fsp3) is 0.800. The van der Waals surface area contributed by atoms with Crippen molar-refractivity contribution in [3.63, 3.8) is 0 Å². The molecule has 0 aliphatic carbocycles. The fourth-order valence-electron chi connectivity index (χ4n) is 2.13. The van der Waals surface area contributed by atoms with E-state index in [0.717, 1.165) is 12.8 Å². The van der Waals surface area contributed by atoms with Crippen LogP contribution < -0.4 is 0 Å². The third-order valence-corrected chi connectivity index (χ3v) is 3.10. The summed E-state index contributed by atoms with van der Waals surface area (Å²) in [5, 5.41) is 0. The Morgan fingerprint density at radius 1 is 0.778 bits per heavy atom.